The summed E-state index contributed by atoms with van der Waals surface area (Å²) in [5.74, 6) is 0. The van der Waals surface area contributed by atoms with Crippen LogP contribution in [0.4, 0.5) is 0 Å². The van der Waals surface area contributed by atoms with Gasteiger partial charge in [-0.3, -0.25) is 4.98 Å². The normalized spacial score (nSPS) is 10.3. The number of halogens is 1. The molecule has 0 atom stereocenters. The van der Waals surface area contributed by atoms with E-state index in [0.717, 1.165) is 20.7 Å². The van der Waals surface area contributed by atoms with Gasteiger partial charge in [-0.25, -0.2) is 0 Å². The minimum atomic E-state index is 0.994. The van der Waals surface area contributed by atoms with Crippen molar-refractivity contribution in [1.82, 2.24) is 9.97 Å². The fourth-order valence-corrected chi connectivity index (χ4v) is 1.51. The van der Waals surface area contributed by atoms with Crippen molar-refractivity contribution in [3.05, 3.63) is 39.7 Å². The summed E-state index contributed by atoms with van der Waals surface area (Å²) in [5, 5.41) is 0. The highest BCUT2D eigenvalue weighted by atomic mass is 127. The van der Waals surface area contributed by atoms with Gasteiger partial charge in [-0.1, -0.05) is 0 Å². The van der Waals surface area contributed by atoms with E-state index in [-0.39, 0.29) is 0 Å². The topological polar surface area (TPSA) is 28.7 Å². The van der Waals surface area contributed by atoms with E-state index in [0.29, 0.717) is 0 Å². The average molecular weight is 284 g/mol. The van der Waals surface area contributed by atoms with Gasteiger partial charge in [0.15, 0.2) is 0 Å². The molecule has 2 heterocycles. The molecule has 13 heavy (non-hydrogen) atoms. The van der Waals surface area contributed by atoms with Gasteiger partial charge in [0.1, 0.15) is 0 Å². The van der Waals surface area contributed by atoms with Crippen LogP contribution < -0.4 is 0 Å². The summed E-state index contributed by atoms with van der Waals surface area (Å²) < 4.78 is 1.16. The van der Waals surface area contributed by atoms with E-state index in [1.807, 2.05) is 25.3 Å². The Morgan fingerprint density at radius 3 is 2.62 bits per heavy atom. The van der Waals surface area contributed by atoms with Crippen LogP contribution in [0.25, 0.3) is 11.4 Å². The van der Waals surface area contributed by atoms with Gasteiger partial charge in [0, 0.05) is 15.5 Å². The molecule has 0 bridgehead atoms. The van der Waals surface area contributed by atoms with Crippen LogP contribution in [0.5, 0.6) is 0 Å². The van der Waals surface area contributed by atoms with Crippen LogP contribution in [-0.4, -0.2) is 9.97 Å². The lowest BCUT2D eigenvalue weighted by Crippen LogP contribution is -1.83. The van der Waals surface area contributed by atoms with Crippen molar-refractivity contribution in [1.29, 1.82) is 0 Å². The van der Waals surface area contributed by atoms with Crippen molar-refractivity contribution in [2.75, 3.05) is 0 Å². The number of nitrogens with one attached hydrogen (secondary N) is 1. The highest BCUT2D eigenvalue weighted by Gasteiger charge is 1.99. The molecule has 0 aliphatic rings. The zero-order valence-corrected chi connectivity index (χ0v) is 9.37. The van der Waals surface area contributed by atoms with E-state index in [9.17, 15) is 0 Å². The minimum Gasteiger partial charge on any atom is -0.357 e. The second-order valence-corrected chi connectivity index (χ2v) is 4.16. The molecule has 0 saturated heterocycles. The van der Waals surface area contributed by atoms with Crippen molar-refractivity contribution in [2.45, 2.75) is 6.92 Å². The fourth-order valence-electron chi connectivity index (χ4n) is 1.19. The van der Waals surface area contributed by atoms with Gasteiger partial charge < -0.3 is 4.98 Å². The first-order valence-corrected chi connectivity index (χ1v) is 5.11. The van der Waals surface area contributed by atoms with Gasteiger partial charge in [0.25, 0.3) is 0 Å². The number of aryl methyl sites for hydroxylation is 1. The quantitative estimate of drug-likeness (QED) is 0.801. The Hall–Kier alpha value is -0.840. The lowest BCUT2D eigenvalue weighted by atomic mass is 10.3. The lowest BCUT2D eigenvalue weighted by Gasteiger charge is -1.96. The molecule has 0 aliphatic heterocycles. The smallest absolute Gasteiger partial charge is 0.0865 e. The lowest BCUT2D eigenvalue weighted by molar-refractivity contribution is 1.22. The third-order valence-corrected chi connectivity index (χ3v) is 2.47. The van der Waals surface area contributed by atoms with Crippen molar-refractivity contribution >= 4 is 22.6 Å². The molecule has 0 aromatic carbocycles. The average Bonchev–Trinajstić information content (AvgIpc) is 2.53. The van der Waals surface area contributed by atoms with Crippen LogP contribution >= 0.6 is 22.6 Å². The van der Waals surface area contributed by atoms with Crippen molar-refractivity contribution in [2.24, 2.45) is 0 Å². The SMILES string of the molecule is Cc1ccc(-c2ccc(I)cn2)[nH]1. The Morgan fingerprint density at radius 1 is 1.23 bits per heavy atom. The molecule has 3 heteroatoms. The Kier molecular flexibility index (Phi) is 2.35. The van der Waals surface area contributed by atoms with Gasteiger partial charge in [0.2, 0.25) is 0 Å². The van der Waals surface area contributed by atoms with Gasteiger partial charge in [0.05, 0.1) is 11.4 Å². The van der Waals surface area contributed by atoms with Gasteiger partial charge in [-0.05, 0) is 53.8 Å². The Labute approximate surface area is 90.5 Å². The summed E-state index contributed by atoms with van der Waals surface area (Å²) in [6, 6.07) is 8.17. The van der Waals surface area contributed by atoms with Crippen molar-refractivity contribution in [3.63, 3.8) is 0 Å². The third-order valence-electron chi connectivity index (χ3n) is 1.84. The van der Waals surface area contributed by atoms with Crippen LogP contribution in [0.15, 0.2) is 30.5 Å². The highest BCUT2D eigenvalue weighted by Crippen LogP contribution is 2.16. The Balaban J connectivity index is 2.41. The maximum Gasteiger partial charge on any atom is 0.0865 e. The van der Waals surface area contributed by atoms with Crippen molar-refractivity contribution < 1.29 is 0 Å². The number of aromatic nitrogens is 2. The van der Waals surface area contributed by atoms with E-state index in [1.54, 1.807) is 0 Å². The summed E-state index contributed by atoms with van der Waals surface area (Å²) in [5.41, 5.74) is 3.23. The first-order chi connectivity index (χ1) is 6.25. The second-order valence-electron chi connectivity index (χ2n) is 2.92. The largest absolute Gasteiger partial charge is 0.357 e. The maximum atomic E-state index is 4.32. The molecule has 2 nitrogen and oxygen atoms in total. The number of aromatic amines is 1. The van der Waals surface area contributed by atoms with Crippen LogP contribution in [-0.2, 0) is 0 Å². The predicted molar refractivity (Wildman–Crippen MR) is 61.5 cm³/mol. The van der Waals surface area contributed by atoms with E-state index >= 15 is 0 Å². The Bertz CT molecular complexity index is 403. The van der Waals surface area contributed by atoms with Gasteiger partial charge in [-0.2, -0.15) is 0 Å². The zero-order valence-electron chi connectivity index (χ0n) is 7.21. The van der Waals surface area contributed by atoms with Crippen molar-refractivity contribution in [3.8, 4) is 11.4 Å². The molecule has 0 saturated carbocycles. The fraction of sp³-hybridized carbons (Fsp3) is 0.100. The van der Waals surface area contributed by atoms with Gasteiger partial charge >= 0.3 is 0 Å². The number of hydrogen-bond acceptors (Lipinski definition) is 1. The Morgan fingerprint density at radius 2 is 2.08 bits per heavy atom. The zero-order chi connectivity index (χ0) is 9.26. The summed E-state index contributed by atoms with van der Waals surface area (Å²) in [6.45, 7) is 2.04. The number of rotatable bonds is 1. The van der Waals surface area contributed by atoms with E-state index in [4.69, 9.17) is 0 Å². The molecule has 1 N–H and O–H groups in total. The number of H-pyrrole nitrogens is 1. The van der Waals surface area contributed by atoms with Gasteiger partial charge in [-0.15, -0.1) is 0 Å². The first kappa shape index (κ1) is 8.74. The molecule has 0 spiro atoms. The molecule has 0 radical (unpaired) electrons. The van der Waals surface area contributed by atoms with E-state index < -0.39 is 0 Å². The van der Waals surface area contributed by atoms with Crippen LogP contribution in [0.1, 0.15) is 5.69 Å². The predicted octanol–water partition coefficient (Wildman–Crippen LogP) is 2.99. The molecule has 0 aliphatic carbocycles. The molecule has 0 amide bonds. The molecule has 2 aromatic rings. The second kappa shape index (κ2) is 3.49. The number of nitrogens with zero attached hydrogens (tertiary/aromatic N) is 1. The van der Waals surface area contributed by atoms with E-state index in [1.165, 1.54) is 0 Å². The highest BCUT2D eigenvalue weighted by molar-refractivity contribution is 14.1. The summed E-state index contributed by atoms with van der Waals surface area (Å²) in [7, 11) is 0. The van der Waals surface area contributed by atoms with Crippen LogP contribution in [0, 0.1) is 10.5 Å². The maximum absolute atomic E-state index is 4.32. The number of pyridine rings is 1. The summed E-state index contributed by atoms with van der Waals surface area (Å²) >= 11 is 2.25. The van der Waals surface area contributed by atoms with Crippen LogP contribution in [0.2, 0.25) is 0 Å². The standard InChI is InChI=1S/C10H9IN2/c1-7-2-4-10(13-7)9-5-3-8(11)6-12-9/h2-6,13H,1H3. The van der Waals surface area contributed by atoms with E-state index in [2.05, 4.69) is 44.7 Å². The molecule has 2 aromatic heterocycles. The minimum absolute atomic E-state index is 0.994. The summed E-state index contributed by atoms with van der Waals surface area (Å²) in [6.07, 6.45) is 1.87. The molecule has 2 rings (SSSR count). The summed E-state index contributed by atoms with van der Waals surface area (Å²) in [4.78, 5) is 7.57. The van der Waals surface area contributed by atoms with Crippen LogP contribution in [0.3, 0.4) is 0 Å². The molecule has 0 unspecified atom stereocenters. The first-order valence-electron chi connectivity index (χ1n) is 4.03. The molecular weight excluding hydrogens is 275 g/mol. The monoisotopic (exact) mass is 284 g/mol. The molecular formula is C10H9IN2. The number of hydrogen-bond donors (Lipinski definition) is 1. The molecule has 0 fully saturated rings. The molecule has 66 valence electrons. The third kappa shape index (κ3) is 1.91.